The smallest absolute Gasteiger partial charge is 0.0714 e. The Morgan fingerprint density at radius 3 is 1.67 bits per heavy atom. The number of nitrogens with zero attached hydrogens (tertiary/aromatic N) is 1. The highest BCUT2D eigenvalue weighted by molar-refractivity contribution is 5.93. The topological polar surface area (TPSA) is 3.24 Å². The average molecular weight is 886 g/mol. The van der Waals surface area contributed by atoms with Crippen LogP contribution in [0.3, 0.4) is 0 Å². The fraction of sp³-hybridized carbons (Fsp3) is 0.118. The molecule has 0 saturated carbocycles. The summed E-state index contributed by atoms with van der Waals surface area (Å²) in [6.07, 6.45) is 9.63. The molecule has 332 valence electrons. The van der Waals surface area contributed by atoms with Crippen molar-refractivity contribution in [3.63, 3.8) is 0 Å². The molecule has 0 aliphatic heterocycles. The fourth-order valence-electron chi connectivity index (χ4n) is 11.9. The summed E-state index contributed by atoms with van der Waals surface area (Å²) in [6.45, 7) is 14.2. The first kappa shape index (κ1) is 42.4. The summed E-state index contributed by atoms with van der Waals surface area (Å²) in [6, 6.07) is 79.7. The zero-order valence-electron chi connectivity index (χ0n) is 39.9. The first-order valence-electron chi connectivity index (χ1n) is 24.4. The van der Waals surface area contributed by atoms with E-state index in [1.54, 1.807) is 0 Å². The number of anilines is 3. The van der Waals surface area contributed by atoms with Crippen LogP contribution in [-0.4, -0.2) is 0 Å². The summed E-state index contributed by atoms with van der Waals surface area (Å²) in [5, 5.41) is 0. The van der Waals surface area contributed by atoms with Crippen LogP contribution in [0.5, 0.6) is 0 Å². The van der Waals surface area contributed by atoms with Crippen LogP contribution in [0.25, 0.3) is 44.5 Å². The van der Waals surface area contributed by atoms with Crippen molar-refractivity contribution in [1.29, 1.82) is 0 Å². The van der Waals surface area contributed by atoms with Gasteiger partial charge in [-0.1, -0.05) is 241 Å². The van der Waals surface area contributed by atoms with Crippen LogP contribution in [0.4, 0.5) is 17.1 Å². The van der Waals surface area contributed by atoms with Gasteiger partial charge in [-0.3, -0.25) is 0 Å². The molecule has 0 amide bonds. The van der Waals surface area contributed by atoms with E-state index in [0.29, 0.717) is 0 Å². The largest absolute Gasteiger partial charge is 0.310 e. The Hall–Kier alpha value is -8.00. The molecule has 0 heterocycles. The van der Waals surface area contributed by atoms with Crippen LogP contribution >= 0.6 is 0 Å². The van der Waals surface area contributed by atoms with Crippen molar-refractivity contribution in [2.24, 2.45) is 0 Å². The van der Waals surface area contributed by atoms with E-state index in [9.17, 15) is 0 Å². The third kappa shape index (κ3) is 6.67. The highest BCUT2D eigenvalue weighted by Gasteiger charge is 2.48. The van der Waals surface area contributed by atoms with E-state index in [-0.39, 0.29) is 10.8 Å². The van der Waals surface area contributed by atoms with E-state index in [2.05, 4.69) is 276 Å². The van der Waals surface area contributed by atoms with Crippen LogP contribution in [0, 0.1) is 0 Å². The van der Waals surface area contributed by atoms with Crippen molar-refractivity contribution in [2.45, 2.75) is 50.4 Å². The van der Waals surface area contributed by atoms with Gasteiger partial charge >= 0.3 is 0 Å². The second-order valence-electron chi connectivity index (χ2n) is 20.1. The summed E-state index contributed by atoms with van der Waals surface area (Å²) in [7, 11) is 0. The van der Waals surface area contributed by atoms with Crippen molar-refractivity contribution in [1.82, 2.24) is 0 Å². The summed E-state index contributed by atoms with van der Waals surface area (Å²) >= 11 is 0. The quantitative estimate of drug-likeness (QED) is 0.154. The molecule has 1 heteroatoms. The predicted molar refractivity (Wildman–Crippen MR) is 291 cm³/mol. The van der Waals surface area contributed by atoms with Gasteiger partial charge in [0, 0.05) is 27.8 Å². The minimum atomic E-state index is -0.680. The molecule has 0 radical (unpaired) electrons. The van der Waals surface area contributed by atoms with E-state index in [4.69, 9.17) is 0 Å². The molecule has 9 aromatic rings. The van der Waals surface area contributed by atoms with Gasteiger partial charge in [0.05, 0.1) is 11.1 Å². The second-order valence-corrected chi connectivity index (χ2v) is 20.1. The number of benzene rings is 9. The number of hydrogen-bond acceptors (Lipinski definition) is 1. The number of fused-ring (bicyclic) bond motifs is 7. The molecule has 1 atom stereocenters. The molecule has 0 N–H and O–H groups in total. The third-order valence-corrected chi connectivity index (χ3v) is 15.7. The lowest BCUT2D eigenvalue weighted by Crippen LogP contribution is -2.31. The SMILES string of the molecule is C=C1/C=C\C=C/Cc2ccc(C3(c4ccc5c(c4)C(C)(C)c4ccccc4-5)c4ccccc4-c4ccc(N(c5ccc(-c6ccccc6)cc5)c5ccccc5-c5ccccc5)cc43)cc2C1(C)C. The second kappa shape index (κ2) is 16.4. The minimum absolute atomic E-state index is 0.182. The highest BCUT2D eigenvalue weighted by Crippen LogP contribution is 2.60. The Kier molecular flexibility index (Phi) is 10.0. The Bertz CT molecular complexity index is 3530. The maximum Gasteiger partial charge on any atom is 0.0714 e. The van der Waals surface area contributed by atoms with Gasteiger partial charge in [-0.05, 0) is 126 Å². The monoisotopic (exact) mass is 885 g/mol. The first-order valence-corrected chi connectivity index (χ1v) is 24.4. The molecule has 12 rings (SSSR count). The van der Waals surface area contributed by atoms with Crippen molar-refractivity contribution >= 4 is 17.1 Å². The molecular formula is C68H55N. The molecular weight excluding hydrogens is 831 g/mol. The molecule has 69 heavy (non-hydrogen) atoms. The van der Waals surface area contributed by atoms with E-state index in [0.717, 1.165) is 29.1 Å². The van der Waals surface area contributed by atoms with Gasteiger partial charge in [0.25, 0.3) is 0 Å². The van der Waals surface area contributed by atoms with Crippen molar-refractivity contribution in [3.05, 3.63) is 293 Å². The van der Waals surface area contributed by atoms with Gasteiger partial charge in [0.15, 0.2) is 0 Å². The van der Waals surface area contributed by atoms with Crippen LogP contribution < -0.4 is 4.90 Å². The molecule has 3 aliphatic rings. The summed E-state index contributed by atoms with van der Waals surface area (Å²) in [4.78, 5) is 2.48. The Morgan fingerprint density at radius 1 is 0.391 bits per heavy atom. The van der Waals surface area contributed by atoms with Crippen molar-refractivity contribution in [2.75, 3.05) is 4.90 Å². The molecule has 0 bridgehead atoms. The zero-order valence-corrected chi connectivity index (χ0v) is 39.9. The maximum atomic E-state index is 4.67. The average Bonchev–Trinajstić information content (AvgIpc) is 3.83. The number of allylic oxidation sites excluding steroid dienone is 5. The Balaban J connectivity index is 1.15. The molecule has 9 aromatic carbocycles. The van der Waals surface area contributed by atoms with E-state index in [1.807, 2.05) is 0 Å². The van der Waals surface area contributed by atoms with Gasteiger partial charge in [0.1, 0.15) is 0 Å². The van der Waals surface area contributed by atoms with Gasteiger partial charge < -0.3 is 4.90 Å². The van der Waals surface area contributed by atoms with E-state index in [1.165, 1.54) is 89.0 Å². The molecule has 0 spiro atoms. The minimum Gasteiger partial charge on any atom is -0.310 e. The maximum absolute atomic E-state index is 4.67. The van der Waals surface area contributed by atoms with Gasteiger partial charge in [0.2, 0.25) is 0 Å². The van der Waals surface area contributed by atoms with Crippen LogP contribution in [0.1, 0.15) is 72.2 Å². The van der Waals surface area contributed by atoms with Gasteiger partial charge in [-0.15, -0.1) is 0 Å². The fourth-order valence-corrected chi connectivity index (χ4v) is 11.9. The number of para-hydroxylation sites is 1. The highest BCUT2D eigenvalue weighted by atomic mass is 15.1. The normalized spacial score (nSPS) is 17.8. The molecule has 1 nitrogen and oxygen atoms in total. The molecule has 1 unspecified atom stereocenters. The van der Waals surface area contributed by atoms with Crippen LogP contribution in [0.15, 0.2) is 249 Å². The van der Waals surface area contributed by atoms with Crippen LogP contribution in [-0.2, 0) is 22.7 Å². The summed E-state index contributed by atoms with van der Waals surface area (Å²) in [5.74, 6) is 0. The third-order valence-electron chi connectivity index (χ3n) is 15.7. The first-order chi connectivity index (χ1) is 33.7. The number of hydrogen-bond donors (Lipinski definition) is 0. The van der Waals surface area contributed by atoms with Gasteiger partial charge in [-0.25, -0.2) is 0 Å². The Morgan fingerprint density at radius 2 is 0.928 bits per heavy atom. The van der Waals surface area contributed by atoms with E-state index < -0.39 is 5.41 Å². The molecule has 3 aliphatic carbocycles. The number of rotatable bonds is 7. The molecule has 0 aromatic heterocycles. The molecule has 0 saturated heterocycles. The standard InChI is InChI=1S/C68H55N/c1-46-21-9-6-14-26-50-33-36-51(43-62(50)66(46,2)3)68(52-37-41-58-56-28-15-18-30-60(56)67(4,5)63(58)44-52)61-31-19-16-29-57(61)59-42-40-54(45-64(59)68)69(53-38-34-48(35-39-53)47-22-10-7-11-23-47)65-32-20-17-27-55(65)49-24-12-8-13-25-49/h6-25,27-45H,1,26H2,2-5H3/b14-6-,21-9-. The van der Waals surface area contributed by atoms with Crippen molar-refractivity contribution in [3.8, 4) is 44.5 Å². The summed E-state index contributed by atoms with van der Waals surface area (Å²) < 4.78 is 0. The van der Waals surface area contributed by atoms with E-state index >= 15 is 0 Å². The van der Waals surface area contributed by atoms with Crippen LogP contribution in [0.2, 0.25) is 0 Å². The summed E-state index contributed by atoms with van der Waals surface area (Å²) in [5.41, 5.74) is 23.6. The zero-order chi connectivity index (χ0) is 46.9. The van der Waals surface area contributed by atoms with Gasteiger partial charge in [-0.2, -0.15) is 0 Å². The Labute approximate surface area is 408 Å². The lowest BCUT2D eigenvalue weighted by Gasteiger charge is -2.38. The molecule has 0 fully saturated rings. The lowest BCUT2D eigenvalue weighted by atomic mass is 9.65. The predicted octanol–water partition coefficient (Wildman–Crippen LogP) is 17.7. The van der Waals surface area contributed by atoms with Crippen molar-refractivity contribution < 1.29 is 0 Å². The lowest BCUT2D eigenvalue weighted by molar-refractivity contribution is 0.630.